The molecule has 3 heteroatoms. The maximum atomic E-state index is 5.13. The van der Waals surface area contributed by atoms with Gasteiger partial charge >= 0.3 is 0 Å². The van der Waals surface area contributed by atoms with Gasteiger partial charge in [0.2, 0.25) is 0 Å². The van der Waals surface area contributed by atoms with E-state index in [-0.39, 0.29) is 0 Å². The Morgan fingerprint density at radius 2 is 2.00 bits per heavy atom. The van der Waals surface area contributed by atoms with E-state index >= 15 is 0 Å². The maximum Gasteiger partial charge on any atom is 0.0477 e. The van der Waals surface area contributed by atoms with Crippen LogP contribution in [0.15, 0.2) is 28.7 Å². The zero-order valence-electron chi connectivity index (χ0n) is 10.0. The average Bonchev–Trinajstić information content (AvgIpc) is 2.29. The van der Waals surface area contributed by atoms with Crippen molar-refractivity contribution in [2.24, 2.45) is 0 Å². The first kappa shape index (κ1) is 13.7. The maximum absolute atomic E-state index is 5.13. The Morgan fingerprint density at radius 3 is 2.56 bits per heavy atom. The van der Waals surface area contributed by atoms with Gasteiger partial charge in [0.1, 0.15) is 0 Å². The smallest absolute Gasteiger partial charge is 0.0477 e. The van der Waals surface area contributed by atoms with Crippen LogP contribution in [-0.2, 0) is 11.2 Å². The summed E-state index contributed by atoms with van der Waals surface area (Å²) < 4.78 is 6.26. The number of ether oxygens (including phenoxy) is 1. The largest absolute Gasteiger partial charge is 0.385 e. The summed E-state index contributed by atoms with van der Waals surface area (Å²) in [7, 11) is 1.75. The van der Waals surface area contributed by atoms with Gasteiger partial charge in [0.25, 0.3) is 0 Å². The van der Waals surface area contributed by atoms with E-state index in [9.17, 15) is 0 Å². The van der Waals surface area contributed by atoms with Crippen molar-refractivity contribution >= 4 is 15.9 Å². The quantitative estimate of drug-likeness (QED) is 0.832. The number of likely N-dealkylation sites (N-methyl/N-ethyl adjacent to an activating group) is 1. The van der Waals surface area contributed by atoms with Gasteiger partial charge < -0.3 is 10.1 Å². The summed E-state index contributed by atoms with van der Waals surface area (Å²) in [5.74, 6) is 0. The minimum atomic E-state index is 0.506. The fraction of sp³-hybridized carbons (Fsp3) is 0.538. The molecule has 1 rings (SSSR count). The lowest BCUT2D eigenvalue weighted by atomic mass is 10.0. The first-order valence-electron chi connectivity index (χ1n) is 5.73. The monoisotopic (exact) mass is 285 g/mol. The predicted octanol–water partition coefficient (Wildman–Crippen LogP) is 3.01. The molecule has 1 aromatic carbocycles. The number of rotatable bonds is 7. The third-order valence-electron chi connectivity index (χ3n) is 2.56. The van der Waals surface area contributed by atoms with Crippen LogP contribution in [0.3, 0.4) is 0 Å². The van der Waals surface area contributed by atoms with Crippen LogP contribution in [0.4, 0.5) is 0 Å². The molecule has 0 aromatic heterocycles. The Bertz CT molecular complexity index is 286. The molecule has 0 bridgehead atoms. The van der Waals surface area contributed by atoms with Crippen molar-refractivity contribution < 1.29 is 4.74 Å². The summed E-state index contributed by atoms with van der Waals surface area (Å²) >= 11 is 3.45. The molecule has 0 radical (unpaired) electrons. The molecule has 0 fully saturated rings. The molecule has 0 saturated heterocycles. The van der Waals surface area contributed by atoms with Gasteiger partial charge in [-0.1, -0.05) is 35.0 Å². The molecular weight excluding hydrogens is 266 g/mol. The van der Waals surface area contributed by atoms with E-state index in [1.165, 1.54) is 5.56 Å². The highest BCUT2D eigenvalue weighted by Gasteiger charge is 2.07. The van der Waals surface area contributed by atoms with Gasteiger partial charge in [-0.3, -0.25) is 0 Å². The summed E-state index contributed by atoms with van der Waals surface area (Å²) in [4.78, 5) is 0. The fourth-order valence-electron chi connectivity index (χ4n) is 1.73. The van der Waals surface area contributed by atoms with E-state index < -0.39 is 0 Å². The molecule has 0 aliphatic rings. The Labute approximate surface area is 107 Å². The highest BCUT2D eigenvalue weighted by Crippen LogP contribution is 2.12. The lowest BCUT2D eigenvalue weighted by Gasteiger charge is -2.17. The third kappa shape index (κ3) is 5.10. The number of benzene rings is 1. The first-order chi connectivity index (χ1) is 7.76. The molecule has 0 spiro atoms. The van der Waals surface area contributed by atoms with Gasteiger partial charge in [0.05, 0.1) is 0 Å². The molecule has 0 saturated carbocycles. The van der Waals surface area contributed by atoms with Crippen LogP contribution in [0.5, 0.6) is 0 Å². The van der Waals surface area contributed by atoms with Crippen molar-refractivity contribution in [3.63, 3.8) is 0 Å². The number of halogens is 1. The van der Waals surface area contributed by atoms with Crippen LogP contribution >= 0.6 is 15.9 Å². The van der Waals surface area contributed by atoms with Crippen LogP contribution in [0, 0.1) is 0 Å². The van der Waals surface area contributed by atoms with Crippen LogP contribution in [0.25, 0.3) is 0 Å². The molecule has 0 heterocycles. The van der Waals surface area contributed by atoms with Crippen molar-refractivity contribution in [1.82, 2.24) is 5.32 Å². The van der Waals surface area contributed by atoms with E-state index in [1.807, 2.05) is 0 Å². The minimum Gasteiger partial charge on any atom is -0.385 e. The topological polar surface area (TPSA) is 21.3 Å². The molecule has 1 N–H and O–H groups in total. The summed E-state index contributed by atoms with van der Waals surface area (Å²) in [6.45, 7) is 3.96. The second-order valence-electron chi connectivity index (χ2n) is 3.87. The molecule has 1 unspecified atom stereocenters. The zero-order valence-corrected chi connectivity index (χ0v) is 11.6. The van der Waals surface area contributed by atoms with Gasteiger partial charge in [-0.25, -0.2) is 0 Å². The molecule has 0 amide bonds. The van der Waals surface area contributed by atoms with E-state index in [1.54, 1.807) is 7.11 Å². The number of nitrogens with one attached hydrogen (secondary N) is 1. The van der Waals surface area contributed by atoms with Gasteiger partial charge in [0, 0.05) is 24.2 Å². The van der Waals surface area contributed by atoms with E-state index in [4.69, 9.17) is 4.74 Å². The molecule has 0 aliphatic carbocycles. The summed E-state index contributed by atoms with van der Waals surface area (Å²) in [6, 6.07) is 9.03. The van der Waals surface area contributed by atoms with Crippen LogP contribution in [0.1, 0.15) is 18.9 Å². The minimum absolute atomic E-state index is 0.506. The molecule has 1 atom stereocenters. The Hall–Kier alpha value is -0.380. The molecule has 16 heavy (non-hydrogen) atoms. The van der Waals surface area contributed by atoms with Crippen molar-refractivity contribution in [1.29, 1.82) is 0 Å². The molecular formula is C13H20BrNO. The standard InChI is InChI=1S/C13H20BrNO/c1-3-15-13(8-9-16-2)10-11-4-6-12(14)7-5-11/h4-7,13,15H,3,8-10H2,1-2H3. The van der Waals surface area contributed by atoms with Gasteiger partial charge in [0.15, 0.2) is 0 Å². The molecule has 1 aromatic rings. The Morgan fingerprint density at radius 1 is 1.31 bits per heavy atom. The Balaban J connectivity index is 2.49. The predicted molar refractivity (Wildman–Crippen MR) is 71.8 cm³/mol. The number of hydrogen-bond donors (Lipinski definition) is 1. The second kappa shape index (κ2) is 7.82. The van der Waals surface area contributed by atoms with Crippen molar-refractivity contribution in [3.05, 3.63) is 34.3 Å². The Kier molecular flexibility index (Phi) is 6.69. The summed E-state index contributed by atoms with van der Waals surface area (Å²) in [6.07, 6.45) is 2.12. The van der Waals surface area contributed by atoms with Crippen molar-refractivity contribution in [2.45, 2.75) is 25.8 Å². The van der Waals surface area contributed by atoms with Gasteiger partial charge in [-0.15, -0.1) is 0 Å². The molecule has 90 valence electrons. The van der Waals surface area contributed by atoms with Crippen molar-refractivity contribution in [2.75, 3.05) is 20.3 Å². The van der Waals surface area contributed by atoms with Gasteiger partial charge in [-0.05, 0) is 37.1 Å². The molecule has 0 aliphatic heterocycles. The first-order valence-corrected chi connectivity index (χ1v) is 6.52. The normalized spacial score (nSPS) is 12.7. The average molecular weight is 286 g/mol. The highest BCUT2D eigenvalue weighted by molar-refractivity contribution is 9.10. The van der Waals surface area contributed by atoms with Crippen LogP contribution in [-0.4, -0.2) is 26.3 Å². The van der Waals surface area contributed by atoms with Crippen LogP contribution in [0.2, 0.25) is 0 Å². The lowest BCUT2D eigenvalue weighted by molar-refractivity contribution is 0.183. The van der Waals surface area contributed by atoms with Gasteiger partial charge in [-0.2, -0.15) is 0 Å². The number of methoxy groups -OCH3 is 1. The summed E-state index contributed by atoms with van der Waals surface area (Å²) in [5.41, 5.74) is 1.37. The third-order valence-corrected chi connectivity index (χ3v) is 3.09. The van der Waals surface area contributed by atoms with Crippen LogP contribution < -0.4 is 5.32 Å². The highest BCUT2D eigenvalue weighted by atomic mass is 79.9. The number of hydrogen-bond acceptors (Lipinski definition) is 2. The van der Waals surface area contributed by atoms with Crippen molar-refractivity contribution in [3.8, 4) is 0 Å². The zero-order chi connectivity index (χ0) is 11.8. The summed E-state index contributed by atoms with van der Waals surface area (Å²) in [5, 5.41) is 3.49. The van der Waals surface area contributed by atoms with E-state index in [0.29, 0.717) is 6.04 Å². The molecule has 2 nitrogen and oxygen atoms in total. The van der Waals surface area contributed by atoms with E-state index in [0.717, 1.165) is 30.5 Å². The SMILES string of the molecule is CCNC(CCOC)Cc1ccc(Br)cc1. The second-order valence-corrected chi connectivity index (χ2v) is 4.78. The van der Waals surface area contributed by atoms with E-state index in [2.05, 4.69) is 52.4 Å². The lowest BCUT2D eigenvalue weighted by Crippen LogP contribution is -2.32. The fourth-order valence-corrected chi connectivity index (χ4v) is 1.99.